The molecule has 0 radical (unpaired) electrons. The molecule has 32 heavy (non-hydrogen) atoms. The van der Waals surface area contributed by atoms with Gasteiger partial charge in [-0.15, -0.1) is 0 Å². The normalized spacial score (nSPS) is 11.5. The number of benzene rings is 3. The maximum atomic E-state index is 12.6. The van der Waals surface area contributed by atoms with Crippen LogP contribution in [-0.4, -0.2) is 14.3 Å². The second-order valence-corrected chi connectivity index (χ2v) is 9.04. The summed E-state index contributed by atoms with van der Waals surface area (Å²) in [6, 6.07) is 19.8. The van der Waals surface area contributed by atoms with Crippen molar-refractivity contribution < 1.29 is 22.4 Å². The minimum atomic E-state index is -3.90. The molecule has 4 rings (SSSR count). The zero-order valence-corrected chi connectivity index (χ0v) is 18.4. The van der Waals surface area contributed by atoms with E-state index in [1.807, 2.05) is 42.5 Å². The molecule has 1 amide bonds. The molecule has 0 saturated heterocycles. The van der Waals surface area contributed by atoms with Crippen molar-refractivity contribution in [2.45, 2.75) is 25.3 Å². The number of ether oxygens (including phenoxy) is 1. The first kappa shape index (κ1) is 21.6. The van der Waals surface area contributed by atoms with Crippen LogP contribution in [0, 0.1) is 13.8 Å². The average molecular weight is 451 g/mol. The third-order valence-corrected chi connectivity index (χ3v) is 6.10. The minimum absolute atomic E-state index is 0.0696. The number of amides is 1. The van der Waals surface area contributed by atoms with E-state index in [4.69, 9.17) is 14.3 Å². The number of hydrogen-bond donors (Lipinski definition) is 2. The number of sulfonamides is 1. The van der Waals surface area contributed by atoms with Crippen LogP contribution in [0.3, 0.4) is 0 Å². The van der Waals surface area contributed by atoms with Gasteiger partial charge in [0.05, 0.1) is 4.90 Å². The van der Waals surface area contributed by atoms with Gasteiger partial charge in [-0.05, 0) is 72.1 Å². The molecule has 3 N–H and O–H groups in total. The van der Waals surface area contributed by atoms with Crippen molar-refractivity contribution in [3.8, 4) is 5.75 Å². The van der Waals surface area contributed by atoms with Gasteiger partial charge in [-0.3, -0.25) is 4.79 Å². The van der Waals surface area contributed by atoms with Crippen molar-refractivity contribution >= 4 is 32.4 Å². The first-order valence-electron chi connectivity index (χ1n) is 9.86. The second-order valence-electron chi connectivity index (χ2n) is 7.48. The van der Waals surface area contributed by atoms with E-state index < -0.39 is 15.9 Å². The lowest BCUT2D eigenvalue weighted by atomic mass is 10.1. The monoisotopic (exact) mass is 450 g/mol. The molecule has 1 heterocycles. The fourth-order valence-electron chi connectivity index (χ4n) is 3.29. The smallest absolute Gasteiger partial charge is 0.291 e. The Morgan fingerprint density at radius 1 is 1.00 bits per heavy atom. The van der Waals surface area contributed by atoms with Gasteiger partial charge in [0, 0.05) is 5.69 Å². The highest BCUT2D eigenvalue weighted by Gasteiger charge is 2.17. The number of primary sulfonamides is 1. The molecule has 0 saturated carbocycles. The van der Waals surface area contributed by atoms with Crippen molar-refractivity contribution in [2.24, 2.45) is 5.14 Å². The summed E-state index contributed by atoms with van der Waals surface area (Å²) in [5, 5.41) is 10.1. The molecule has 0 aliphatic rings. The highest BCUT2D eigenvalue weighted by molar-refractivity contribution is 7.89. The van der Waals surface area contributed by atoms with Crippen LogP contribution in [0.15, 0.2) is 76.0 Å². The number of nitrogens with two attached hydrogens (primary N) is 1. The number of carbonyl (C=O) groups is 1. The minimum Gasteiger partial charge on any atom is -0.486 e. The zero-order chi connectivity index (χ0) is 22.9. The summed E-state index contributed by atoms with van der Waals surface area (Å²) in [7, 11) is -3.90. The second kappa shape index (κ2) is 8.49. The van der Waals surface area contributed by atoms with E-state index in [0.717, 1.165) is 16.3 Å². The molecular formula is C24H22N2O5S. The fourth-order valence-corrected chi connectivity index (χ4v) is 3.92. The van der Waals surface area contributed by atoms with Gasteiger partial charge in [0.1, 0.15) is 18.1 Å². The summed E-state index contributed by atoms with van der Waals surface area (Å²) in [6.45, 7) is 3.68. The predicted octanol–water partition coefficient (Wildman–Crippen LogP) is 4.53. The molecule has 3 aromatic carbocycles. The molecule has 0 aliphatic heterocycles. The fraction of sp³-hybridized carbons (Fsp3) is 0.125. The quantitative estimate of drug-likeness (QED) is 0.448. The molecule has 164 valence electrons. The average Bonchev–Trinajstić information content (AvgIpc) is 3.23. The molecule has 8 heteroatoms. The Morgan fingerprint density at radius 3 is 2.50 bits per heavy atom. The summed E-state index contributed by atoms with van der Waals surface area (Å²) in [6.07, 6.45) is 0. The Morgan fingerprint density at radius 2 is 1.75 bits per heavy atom. The Balaban J connectivity index is 1.46. The van der Waals surface area contributed by atoms with E-state index in [1.54, 1.807) is 26.0 Å². The number of rotatable bonds is 6. The highest BCUT2D eigenvalue weighted by atomic mass is 32.2. The van der Waals surface area contributed by atoms with Crippen LogP contribution in [0.2, 0.25) is 0 Å². The SMILES string of the molecule is Cc1cc(S(N)(=O)=O)cc(NC(=O)c2ccc(COc3ccc4ccccc4c3)o2)c1C. The van der Waals surface area contributed by atoms with Gasteiger partial charge in [0.15, 0.2) is 5.76 Å². The molecule has 0 fully saturated rings. The molecule has 0 unspecified atom stereocenters. The van der Waals surface area contributed by atoms with Crippen molar-refractivity contribution in [1.29, 1.82) is 0 Å². The molecule has 1 aromatic heterocycles. The molecule has 0 aliphatic carbocycles. The summed E-state index contributed by atoms with van der Waals surface area (Å²) < 4.78 is 34.8. The van der Waals surface area contributed by atoms with E-state index >= 15 is 0 Å². The van der Waals surface area contributed by atoms with Gasteiger partial charge in [-0.25, -0.2) is 13.6 Å². The standard InChI is InChI=1S/C24H22N2O5S/c1-15-11-21(32(25,28)29)13-22(16(15)2)26-24(27)23-10-9-20(31-23)14-30-19-8-7-17-5-3-4-6-18(17)12-19/h3-13H,14H2,1-2H3,(H,26,27)(H2,25,28,29). The zero-order valence-electron chi connectivity index (χ0n) is 17.6. The van der Waals surface area contributed by atoms with Crippen LogP contribution in [0.25, 0.3) is 10.8 Å². The Hall–Kier alpha value is -3.62. The van der Waals surface area contributed by atoms with Gasteiger partial charge in [-0.2, -0.15) is 0 Å². The van der Waals surface area contributed by atoms with E-state index in [9.17, 15) is 13.2 Å². The Kier molecular flexibility index (Phi) is 5.73. The topological polar surface area (TPSA) is 112 Å². The van der Waals surface area contributed by atoms with Gasteiger partial charge in [-0.1, -0.05) is 30.3 Å². The van der Waals surface area contributed by atoms with Crippen molar-refractivity contribution in [1.82, 2.24) is 0 Å². The first-order chi connectivity index (χ1) is 15.2. The molecule has 0 atom stereocenters. The number of fused-ring (bicyclic) bond motifs is 1. The number of anilines is 1. The van der Waals surface area contributed by atoms with Crippen LogP contribution in [0.1, 0.15) is 27.4 Å². The van der Waals surface area contributed by atoms with Gasteiger partial charge < -0.3 is 14.5 Å². The van der Waals surface area contributed by atoms with Crippen molar-refractivity contribution in [2.75, 3.05) is 5.32 Å². The van der Waals surface area contributed by atoms with E-state index in [1.165, 1.54) is 12.1 Å². The maximum absolute atomic E-state index is 12.6. The van der Waals surface area contributed by atoms with E-state index in [-0.39, 0.29) is 17.3 Å². The molecule has 0 spiro atoms. The molecule has 4 aromatic rings. The lowest BCUT2D eigenvalue weighted by Crippen LogP contribution is -2.16. The van der Waals surface area contributed by atoms with E-state index in [2.05, 4.69) is 5.32 Å². The Labute approximate surface area is 185 Å². The van der Waals surface area contributed by atoms with Crippen LogP contribution in [0.4, 0.5) is 5.69 Å². The number of hydrogen-bond acceptors (Lipinski definition) is 5. The predicted molar refractivity (Wildman–Crippen MR) is 122 cm³/mol. The van der Waals surface area contributed by atoms with Gasteiger partial charge >= 0.3 is 0 Å². The lowest BCUT2D eigenvalue weighted by molar-refractivity contribution is 0.0992. The van der Waals surface area contributed by atoms with Gasteiger partial charge in [0.25, 0.3) is 5.91 Å². The van der Waals surface area contributed by atoms with Crippen molar-refractivity contribution in [3.63, 3.8) is 0 Å². The molecule has 0 bridgehead atoms. The number of furan rings is 1. The third kappa shape index (κ3) is 4.66. The van der Waals surface area contributed by atoms with E-state index in [0.29, 0.717) is 22.8 Å². The van der Waals surface area contributed by atoms with Crippen LogP contribution < -0.4 is 15.2 Å². The molecule has 7 nitrogen and oxygen atoms in total. The highest BCUT2D eigenvalue weighted by Crippen LogP contribution is 2.25. The summed E-state index contributed by atoms with van der Waals surface area (Å²) in [5.74, 6) is 0.753. The van der Waals surface area contributed by atoms with Crippen LogP contribution in [-0.2, 0) is 16.6 Å². The number of nitrogens with one attached hydrogen (secondary N) is 1. The summed E-state index contributed by atoms with van der Waals surface area (Å²) in [4.78, 5) is 12.6. The Bertz CT molecular complexity index is 1420. The maximum Gasteiger partial charge on any atom is 0.291 e. The van der Waals surface area contributed by atoms with Crippen LogP contribution >= 0.6 is 0 Å². The lowest BCUT2D eigenvalue weighted by Gasteiger charge is -2.12. The molecular weight excluding hydrogens is 428 g/mol. The summed E-state index contributed by atoms with van der Waals surface area (Å²) >= 11 is 0. The third-order valence-electron chi connectivity index (χ3n) is 5.21. The summed E-state index contributed by atoms with van der Waals surface area (Å²) in [5.41, 5.74) is 1.78. The number of aryl methyl sites for hydroxylation is 1. The number of carbonyl (C=O) groups excluding carboxylic acids is 1. The first-order valence-corrected chi connectivity index (χ1v) is 11.4. The van der Waals surface area contributed by atoms with Gasteiger partial charge in [0.2, 0.25) is 10.0 Å². The van der Waals surface area contributed by atoms with Crippen molar-refractivity contribution in [3.05, 3.63) is 89.4 Å². The largest absolute Gasteiger partial charge is 0.486 e. The van der Waals surface area contributed by atoms with Crippen LogP contribution in [0.5, 0.6) is 5.75 Å².